The zero-order valence-corrected chi connectivity index (χ0v) is 11.0. The third kappa shape index (κ3) is 2.96. The van der Waals surface area contributed by atoms with Gasteiger partial charge in [-0.05, 0) is 34.1 Å². The highest BCUT2D eigenvalue weighted by atomic mass is 79.9. The van der Waals surface area contributed by atoms with E-state index < -0.39 is 0 Å². The molecule has 0 aliphatic rings. The molecule has 1 heterocycles. The molecule has 0 fully saturated rings. The van der Waals surface area contributed by atoms with Gasteiger partial charge in [-0.1, -0.05) is 0 Å². The first-order valence-corrected chi connectivity index (χ1v) is 6.15. The van der Waals surface area contributed by atoms with Crippen LogP contribution in [0.2, 0.25) is 0 Å². The molecule has 0 N–H and O–H groups in total. The molecule has 88 valence electrons. The van der Waals surface area contributed by atoms with Gasteiger partial charge in [0.2, 0.25) is 0 Å². The van der Waals surface area contributed by atoms with Crippen LogP contribution in [0, 0.1) is 5.82 Å². The molecule has 0 radical (unpaired) electrons. The van der Waals surface area contributed by atoms with Gasteiger partial charge >= 0.3 is 0 Å². The highest BCUT2D eigenvalue weighted by molar-refractivity contribution is 9.10. The Morgan fingerprint density at radius 3 is 2.88 bits per heavy atom. The van der Waals surface area contributed by atoms with Crippen molar-refractivity contribution in [3.05, 3.63) is 52.5 Å². The number of benzene rings is 1. The number of hydrogen-bond acceptors (Lipinski definition) is 2. The molecule has 0 atom stereocenters. The monoisotopic (exact) mass is 315 g/mol. The predicted molar refractivity (Wildman–Crippen MR) is 68.0 cm³/mol. The van der Waals surface area contributed by atoms with Gasteiger partial charge in [-0.2, -0.15) is 0 Å². The van der Waals surface area contributed by atoms with Crippen LogP contribution in [-0.2, 0) is 5.88 Å². The second-order valence-electron chi connectivity index (χ2n) is 3.29. The maximum atomic E-state index is 13.1. The summed E-state index contributed by atoms with van der Waals surface area (Å²) in [5, 5.41) is 0. The Kier molecular flexibility index (Phi) is 3.97. The van der Waals surface area contributed by atoms with Crippen molar-refractivity contribution in [3.8, 4) is 11.5 Å². The van der Waals surface area contributed by atoms with E-state index in [1.807, 2.05) is 0 Å². The molecule has 5 heteroatoms. The summed E-state index contributed by atoms with van der Waals surface area (Å²) in [4.78, 5) is 3.95. The molecule has 0 amide bonds. The summed E-state index contributed by atoms with van der Waals surface area (Å²) < 4.78 is 19.4. The van der Waals surface area contributed by atoms with Crippen molar-refractivity contribution in [2.45, 2.75) is 5.88 Å². The van der Waals surface area contributed by atoms with Gasteiger partial charge in [-0.3, -0.25) is 4.98 Å². The Bertz CT molecular complexity index is 536. The smallest absolute Gasteiger partial charge is 0.144 e. The van der Waals surface area contributed by atoms with Gasteiger partial charge in [-0.25, -0.2) is 4.39 Å². The van der Waals surface area contributed by atoms with Crippen molar-refractivity contribution in [2.24, 2.45) is 0 Å². The molecule has 2 aromatic rings. The van der Waals surface area contributed by atoms with Crippen molar-refractivity contribution in [1.29, 1.82) is 0 Å². The van der Waals surface area contributed by atoms with Crippen LogP contribution in [0.25, 0.3) is 0 Å². The quantitative estimate of drug-likeness (QED) is 0.777. The number of rotatable bonds is 3. The highest BCUT2D eigenvalue weighted by Gasteiger charge is 2.07. The van der Waals surface area contributed by atoms with E-state index in [9.17, 15) is 4.39 Å². The first-order valence-electron chi connectivity index (χ1n) is 4.82. The zero-order chi connectivity index (χ0) is 12.3. The summed E-state index contributed by atoms with van der Waals surface area (Å²) >= 11 is 9.06. The Morgan fingerprint density at radius 1 is 1.29 bits per heavy atom. The second-order valence-corrected chi connectivity index (χ2v) is 4.42. The van der Waals surface area contributed by atoms with Gasteiger partial charge in [0.25, 0.3) is 0 Å². The normalized spacial score (nSPS) is 10.3. The van der Waals surface area contributed by atoms with E-state index in [1.54, 1.807) is 24.5 Å². The summed E-state index contributed by atoms with van der Waals surface area (Å²) in [5.74, 6) is 0.907. The molecule has 2 nitrogen and oxygen atoms in total. The lowest BCUT2D eigenvalue weighted by Crippen LogP contribution is -1.92. The molecular formula is C12H8BrClFNO. The molecule has 2 rings (SSSR count). The molecular weight excluding hydrogens is 308 g/mol. The van der Waals surface area contributed by atoms with Crippen LogP contribution in [0.15, 0.2) is 41.1 Å². The maximum absolute atomic E-state index is 13.1. The van der Waals surface area contributed by atoms with Crippen LogP contribution in [0.4, 0.5) is 4.39 Å². The zero-order valence-electron chi connectivity index (χ0n) is 8.66. The lowest BCUT2D eigenvalue weighted by atomic mass is 10.3. The number of nitrogens with zero attached hydrogens (tertiary/aromatic N) is 1. The Hall–Kier alpha value is -1.13. The minimum absolute atomic E-state index is 0.288. The fourth-order valence-corrected chi connectivity index (χ4v) is 1.82. The SMILES string of the molecule is Fc1ccc(Br)c(Oc2ccncc2CCl)c1. The molecule has 0 saturated heterocycles. The predicted octanol–water partition coefficient (Wildman–Crippen LogP) is 4.51. The number of alkyl halides is 1. The largest absolute Gasteiger partial charge is 0.456 e. The minimum Gasteiger partial charge on any atom is -0.456 e. The van der Waals surface area contributed by atoms with E-state index in [0.29, 0.717) is 16.0 Å². The van der Waals surface area contributed by atoms with Gasteiger partial charge in [-0.15, -0.1) is 11.6 Å². The molecule has 0 aliphatic heterocycles. The van der Waals surface area contributed by atoms with Gasteiger partial charge in [0.1, 0.15) is 17.3 Å². The second kappa shape index (κ2) is 5.47. The summed E-state index contributed by atoms with van der Waals surface area (Å²) in [6.07, 6.45) is 3.22. The first kappa shape index (κ1) is 12.3. The summed E-state index contributed by atoms with van der Waals surface area (Å²) in [5.41, 5.74) is 0.755. The number of halogens is 3. The molecule has 0 unspecified atom stereocenters. The van der Waals surface area contributed by atoms with Crippen LogP contribution in [0.1, 0.15) is 5.56 Å². The lowest BCUT2D eigenvalue weighted by molar-refractivity contribution is 0.469. The van der Waals surface area contributed by atoms with Crippen molar-refractivity contribution in [2.75, 3.05) is 0 Å². The Balaban J connectivity index is 2.34. The van der Waals surface area contributed by atoms with Gasteiger partial charge < -0.3 is 4.74 Å². The maximum Gasteiger partial charge on any atom is 0.144 e. The lowest BCUT2D eigenvalue weighted by Gasteiger charge is -2.10. The van der Waals surface area contributed by atoms with E-state index in [2.05, 4.69) is 20.9 Å². The first-order chi connectivity index (χ1) is 8.20. The van der Waals surface area contributed by atoms with Crippen molar-refractivity contribution >= 4 is 27.5 Å². The van der Waals surface area contributed by atoms with E-state index in [4.69, 9.17) is 16.3 Å². The van der Waals surface area contributed by atoms with E-state index >= 15 is 0 Å². The van der Waals surface area contributed by atoms with E-state index in [-0.39, 0.29) is 11.7 Å². The molecule has 1 aromatic heterocycles. The fourth-order valence-electron chi connectivity index (χ4n) is 1.29. The summed E-state index contributed by atoms with van der Waals surface area (Å²) in [6, 6.07) is 5.94. The minimum atomic E-state index is -0.357. The van der Waals surface area contributed by atoms with Crippen molar-refractivity contribution < 1.29 is 9.13 Å². The Labute approximate surface area is 112 Å². The topological polar surface area (TPSA) is 22.1 Å². The standard InChI is InChI=1S/C12H8BrClFNO/c13-10-2-1-9(15)5-12(10)17-11-3-4-16-7-8(11)6-14/h1-5,7H,6H2. The average molecular weight is 317 g/mol. The highest BCUT2D eigenvalue weighted by Crippen LogP contribution is 2.32. The van der Waals surface area contributed by atoms with Crippen LogP contribution >= 0.6 is 27.5 Å². The average Bonchev–Trinajstić information content (AvgIpc) is 2.34. The number of hydrogen-bond donors (Lipinski definition) is 0. The number of ether oxygens (including phenoxy) is 1. The molecule has 1 aromatic carbocycles. The molecule has 0 aliphatic carbocycles. The van der Waals surface area contributed by atoms with Gasteiger partial charge in [0, 0.05) is 24.0 Å². The molecule has 17 heavy (non-hydrogen) atoms. The fraction of sp³-hybridized carbons (Fsp3) is 0.0833. The number of aromatic nitrogens is 1. The third-order valence-corrected chi connectivity index (χ3v) is 3.06. The molecule has 0 bridgehead atoms. The number of pyridine rings is 1. The summed E-state index contributed by atoms with van der Waals surface area (Å²) in [7, 11) is 0. The van der Waals surface area contributed by atoms with Crippen molar-refractivity contribution in [3.63, 3.8) is 0 Å². The van der Waals surface area contributed by atoms with Gasteiger partial charge in [0.05, 0.1) is 10.4 Å². The third-order valence-electron chi connectivity index (χ3n) is 2.12. The summed E-state index contributed by atoms with van der Waals surface area (Å²) in [6.45, 7) is 0. The van der Waals surface area contributed by atoms with Crippen molar-refractivity contribution in [1.82, 2.24) is 4.98 Å². The molecule has 0 saturated carbocycles. The Morgan fingerprint density at radius 2 is 2.12 bits per heavy atom. The van der Waals surface area contributed by atoms with E-state index in [1.165, 1.54) is 12.1 Å². The van der Waals surface area contributed by atoms with Crippen LogP contribution in [0.3, 0.4) is 0 Å². The molecule has 0 spiro atoms. The van der Waals surface area contributed by atoms with Crippen LogP contribution in [-0.4, -0.2) is 4.98 Å². The van der Waals surface area contributed by atoms with E-state index in [0.717, 1.165) is 5.56 Å². The van der Waals surface area contributed by atoms with Gasteiger partial charge in [0.15, 0.2) is 0 Å². The van der Waals surface area contributed by atoms with Crippen LogP contribution < -0.4 is 4.74 Å². The van der Waals surface area contributed by atoms with Crippen LogP contribution in [0.5, 0.6) is 11.5 Å².